The SMILES string of the molecule is C=C(C)Cn1c(C(C)N)nc2cc(CC)ccc21. The molecule has 0 aliphatic rings. The van der Waals surface area contributed by atoms with Gasteiger partial charge < -0.3 is 10.3 Å². The molecule has 2 N–H and O–H groups in total. The summed E-state index contributed by atoms with van der Waals surface area (Å²) in [5.41, 5.74) is 10.6. The van der Waals surface area contributed by atoms with Crippen molar-refractivity contribution < 1.29 is 0 Å². The molecule has 1 atom stereocenters. The fourth-order valence-electron chi connectivity index (χ4n) is 2.20. The number of imidazole rings is 1. The lowest BCUT2D eigenvalue weighted by molar-refractivity contribution is 0.660. The van der Waals surface area contributed by atoms with E-state index in [1.165, 1.54) is 5.56 Å². The molecule has 1 heterocycles. The van der Waals surface area contributed by atoms with Gasteiger partial charge in [-0.3, -0.25) is 0 Å². The molecule has 0 amide bonds. The molecular weight excluding hydrogens is 222 g/mol. The van der Waals surface area contributed by atoms with Crippen LogP contribution in [0.2, 0.25) is 0 Å². The van der Waals surface area contributed by atoms with Crippen LogP contribution in [0.25, 0.3) is 11.0 Å². The van der Waals surface area contributed by atoms with Crippen molar-refractivity contribution in [3.63, 3.8) is 0 Å². The topological polar surface area (TPSA) is 43.8 Å². The van der Waals surface area contributed by atoms with E-state index in [2.05, 4.69) is 41.3 Å². The third kappa shape index (κ3) is 2.31. The maximum atomic E-state index is 6.01. The predicted molar refractivity (Wildman–Crippen MR) is 76.5 cm³/mol. The summed E-state index contributed by atoms with van der Waals surface area (Å²) in [7, 11) is 0. The molecule has 0 aliphatic carbocycles. The maximum Gasteiger partial charge on any atom is 0.126 e. The van der Waals surface area contributed by atoms with Gasteiger partial charge in [-0.15, -0.1) is 0 Å². The van der Waals surface area contributed by atoms with Gasteiger partial charge in [-0.2, -0.15) is 0 Å². The first kappa shape index (κ1) is 12.8. The Hall–Kier alpha value is -1.61. The lowest BCUT2D eigenvalue weighted by Crippen LogP contribution is -2.14. The summed E-state index contributed by atoms with van der Waals surface area (Å²) in [6.45, 7) is 10.9. The van der Waals surface area contributed by atoms with Crippen LogP contribution in [-0.4, -0.2) is 9.55 Å². The minimum absolute atomic E-state index is 0.0678. The van der Waals surface area contributed by atoms with Gasteiger partial charge in [0.15, 0.2) is 0 Å². The molecule has 18 heavy (non-hydrogen) atoms. The highest BCUT2D eigenvalue weighted by Gasteiger charge is 2.13. The van der Waals surface area contributed by atoms with Crippen LogP contribution >= 0.6 is 0 Å². The molecule has 0 fully saturated rings. The number of hydrogen-bond acceptors (Lipinski definition) is 2. The number of allylic oxidation sites excluding steroid dienone is 1. The van der Waals surface area contributed by atoms with Crippen molar-refractivity contribution in [3.05, 3.63) is 41.7 Å². The molecule has 1 aromatic heterocycles. The molecule has 1 unspecified atom stereocenters. The molecule has 0 bridgehead atoms. The highest BCUT2D eigenvalue weighted by molar-refractivity contribution is 5.77. The Bertz CT molecular complexity index is 579. The Morgan fingerprint density at radius 3 is 2.78 bits per heavy atom. The molecule has 0 saturated carbocycles. The highest BCUT2D eigenvalue weighted by atomic mass is 15.1. The molecule has 1 aromatic carbocycles. The number of rotatable bonds is 4. The summed E-state index contributed by atoms with van der Waals surface area (Å²) in [5.74, 6) is 0.932. The Morgan fingerprint density at radius 2 is 2.22 bits per heavy atom. The highest BCUT2D eigenvalue weighted by Crippen LogP contribution is 2.22. The van der Waals surface area contributed by atoms with Gasteiger partial charge >= 0.3 is 0 Å². The van der Waals surface area contributed by atoms with Gasteiger partial charge in [-0.1, -0.05) is 25.1 Å². The number of nitrogens with zero attached hydrogens (tertiary/aromatic N) is 2. The fourth-order valence-corrected chi connectivity index (χ4v) is 2.20. The van der Waals surface area contributed by atoms with E-state index in [9.17, 15) is 0 Å². The van der Waals surface area contributed by atoms with Crippen LogP contribution < -0.4 is 5.73 Å². The van der Waals surface area contributed by atoms with Crippen molar-refractivity contribution in [2.75, 3.05) is 0 Å². The fraction of sp³-hybridized carbons (Fsp3) is 0.400. The molecule has 0 aliphatic heterocycles. The summed E-state index contributed by atoms with van der Waals surface area (Å²) in [4.78, 5) is 4.67. The van der Waals surface area contributed by atoms with Crippen molar-refractivity contribution in [1.82, 2.24) is 9.55 Å². The second-order valence-corrected chi connectivity index (χ2v) is 4.98. The minimum atomic E-state index is -0.0678. The lowest BCUT2D eigenvalue weighted by Gasteiger charge is -2.11. The summed E-state index contributed by atoms with van der Waals surface area (Å²) in [6, 6.07) is 6.37. The molecule has 2 aromatic rings. The van der Waals surface area contributed by atoms with Crippen LogP contribution in [-0.2, 0) is 13.0 Å². The molecule has 3 nitrogen and oxygen atoms in total. The lowest BCUT2D eigenvalue weighted by atomic mass is 10.1. The van der Waals surface area contributed by atoms with Crippen molar-refractivity contribution >= 4 is 11.0 Å². The number of benzene rings is 1. The van der Waals surface area contributed by atoms with Gasteiger partial charge in [0.2, 0.25) is 0 Å². The van der Waals surface area contributed by atoms with Crippen LogP contribution in [0.5, 0.6) is 0 Å². The van der Waals surface area contributed by atoms with E-state index >= 15 is 0 Å². The van der Waals surface area contributed by atoms with Crippen molar-refractivity contribution in [2.24, 2.45) is 5.73 Å². The Balaban J connectivity index is 2.63. The van der Waals surface area contributed by atoms with Crippen LogP contribution in [0, 0.1) is 0 Å². The Kier molecular flexibility index (Phi) is 3.53. The van der Waals surface area contributed by atoms with E-state index in [-0.39, 0.29) is 6.04 Å². The summed E-state index contributed by atoms with van der Waals surface area (Å²) in [6.07, 6.45) is 1.02. The smallest absolute Gasteiger partial charge is 0.126 e. The van der Waals surface area contributed by atoms with Crippen LogP contribution in [0.1, 0.15) is 38.2 Å². The monoisotopic (exact) mass is 243 g/mol. The van der Waals surface area contributed by atoms with E-state index in [1.807, 2.05) is 13.8 Å². The van der Waals surface area contributed by atoms with E-state index in [1.54, 1.807) is 0 Å². The zero-order chi connectivity index (χ0) is 13.3. The first-order valence-electron chi connectivity index (χ1n) is 6.42. The average Bonchev–Trinajstić information content (AvgIpc) is 2.66. The number of nitrogens with two attached hydrogens (primary N) is 1. The molecule has 3 heteroatoms. The molecule has 0 saturated heterocycles. The molecule has 2 rings (SSSR count). The maximum absolute atomic E-state index is 6.01. The quantitative estimate of drug-likeness (QED) is 0.838. The zero-order valence-corrected chi connectivity index (χ0v) is 11.4. The van der Waals surface area contributed by atoms with E-state index in [4.69, 9.17) is 5.73 Å². The van der Waals surface area contributed by atoms with E-state index < -0.39 is 0 Å². The van der Waals surface area contributed by atoms with Gasteiger partial charge in [0, 0.05) is 6.54 Å². The molecular formula is C15H21N3. The molecule has 96 valence electrons. The first-order valence-corrected chi connectivity index (χ1v) is 6.42. The van der Waals surface area contributed by atoms with Gasteiger partial charge in [0.25, 0.3) is 0 Å². The third-order valence-electron chi connectivity index (χ3n) is 3.09. The van der Waals surface area contributed by atoms with Gasteiger partial charge in [-0.25, -0.2) is 4.98 Å². The Morgan fingerprint density at radius 1 is 1.50 bits per heavy atom. The summed E-state index contributed by atoms with van der Waals surface area (Å²) >= 11 is 0. The number of fused-ring (bicyclic) bond motifs is 1. The van der Waals surface area contributed by atoms with Crippen molar-refractivity contribution in [2.45, 2.75) is 39.8 Å². The number of aryl methyl sites for hydroxylation is 1. The molecule has 0 spiro atoms. The van der Waals surface area contributed by atoms with Crippen molar-refractivity contribution in [1.29, 1.82) is 0 Å². The number of hydrogen-bond donors (Lipinski definition) is 1. The summed E-state index contributed by atoms with van der Waals surface area (Å²) < 4.78 is 2.17. The second-order valence-electron chi connectivity index (χ2n) is 4.98. The van der Waals surface area contributed by atoms with Gasteiger partial charge in [0.05, 0.1) is 17.1 Å². The Labute approximate surface area is 108 Å². The minimum Gasteiger partial charge on any atom is -0.323 e. The largest absolute Gasteiger partial charge is 0.323 e. The van der Waals surface area contributed by atoms with Gasteiger partial charge in [-0.05, 0) is 38.0 Å². The molecule has 0 radical (unpaired) electrons. The third-order valence-corrected chi connectivity index (χ3v) is 3.09. The van der Waals surface area contributed by atoms with Crippen molar-refractivity contribution in [3.8, 4) is 0 Å². The number of aromatic nitrogens is 2. The normalized spacial score (nSPS) is 12.9. The second kappa shape index (κ2) is 4.94. The van der Waals surface area contributed by atoms with Gasteiger partial charge in [0.1, 0.15) is 5.82 Å². The predicted octanol–water partition coefficient (Wildman–Crippen LogP) is 3.19. The van der Waals surface area contributed by atoms with Crippen LogP contribution in [0.3, 0.4) is 0 Å². The standard InChI is InChI=1S/C15H21N3/c1-5-12-6-7-14-13(8-12)17-15(11(4)16)18(14)9-10(2)3/h6-8,11H,2,5,9,16H2,1,3-4H3. The van der Waals surface area contributed by atoms with E-state index in [0.29, 0.717) is 0 Å². The average molecular weight is 243 g/mol. The van der Waals surface area contributed by atoms with Crippen LogP contribution in [0.15, 0.2) is 30.4 Å². The first-order chi connectivity index (χ1) is 8.52. The van der Waals surface area contributed by atoms with E-state index in [0.717, 1.165) is 35.4 Å². The zero-order valence-electron chi connectivity index (χ0n) is 11.4. The summed E-state index contributed by atoms with van der Waals surface area (Å²) in [5, 5.41) is 0. The van der Waals surface area contributed by atoms with Crippen LogP contribution in [0.4, 0.5) is 0 Å².